The van der Waals surface area contributed by atoms with Crippen molar-refractivity contribution in [3.8, 4) is 0 Å². The standard InChI is InChI=1S/C16H29N3OS/c1-12(2)15-14(11-17-9-10-20-4)21-16(18-15)19(3)13-7-5-6-8-13/h12-13,17H,5-11H2,1-4H3. The van der Waals surface area contributed by atoms with Gasteiger partial charge in [-0.2, -0.15) is 0 Å². The Hall–Kier alpha value is -0.650. The van der Waals surface area contributed by atoms with Crippen LogP contribution in [-0.4, -0.2) is 38.3 Å². The molecule has 0 radical (unpaired) electrons. The zero-order valence-corrected chi connectivity index (χ0v) is 14.6. The van der Waals surface area contributed by atoms with E-state index in [1.54, 1.807) is 7.11 Å². The highest BCUT2D eigenvalue weighted by molar-refractivity contribution is 7.15. The SMILES string of the molecule is COCCNCc1sc(N(C)C2CCCC2)nc1C(C)C. The van der Waals surface area contributed by atoms with Crippen molar-refractivity contribution in [1.82, 2.24) is 10.3 Å². The van der Waals surface area contributed by atoms with Gasteiger partial charge in [-0.25, -0.2) is 4.98 Å². The Balaban J connectivity index is 2.04. The van der Waals surface area contributed by atoms with Gasteiger partial charge in [-0.15, -0.1) is 11.3 Å². The number of hydrogen-bond acceptors (Lipinski definition) is 5. The minimum atomic E-state index is 0.478. The molecule has 0 spiro atoms. The minimum absolute atomic E-state index is 0.478. The molecule has 1 aliphatic carbocycles. The van der Waals surface area contributed by atoms with E-state index >= 15 is 0 Å². The summed E-state index contributed by atoms with van der Waals surface area (Å²) in [7, 11) is 3.95. The first-order valence-electron chi connectivity index (χ1n) is 8.05. The zero-order chi connectivity index (χ0) is 15.2. The summed E-state index contributed by atoms with van der Waals surface area (Å²) in [6.07, 6.45) is 5.36. The maximum absolute atomic E-state index is 5.09. The van der Waals surface area contributed by atoms with Crippen molar-refractivity contribution in [3.05, 3.63) is 10.6 Å². The van der Waals surface area contributed by atoms with Crippen molar-refractivity contribution in [2.24, 2.45) is 0 Å². The van der Waals surface area contributed by atoms with Crippen LogP contribution in [0.25, 0.3) is 0 Å². The summed E-state index contributed by atoms with van der Waals surface area (Å²) < 4.78 is 5.09. The number of aromatic nitrogens is 1. The van der Waals surface area contributed by atoms with Gasteiger partial charge in [0.15, 0.2) is 5.13 Å². The summed E-state index contributed by atoms with van der Waals surface area (Å²) >= 11 is 1.85. The van der Waals surface area contributed by atoms with Crippen LogP contribution in [0.4, 0.5) is 5.13 Å². The molecule has 1 aromatic heterocycles. The first-order valence-corrected chi connectivity index (χ1v) is 8.87. The largest absolute Gasteiger partial charge is 0.383 e. The lowest BCUT2D eigenvalue weighted by Gasteiger charge is -2.23. The van der Waals surface area contributed by atoms with Gasteiger partial charge in [-0.05, 0) is 18.8 Å². The second kappa shape index (κ2) is 8.11. The van der Waals surface area contributed by atoms with Crippen molar-refractivity contribution >= 4 is 16.5 Å². The average Bonchev–Trinajstić information content (AvgIpc) is 3.12. The quantitative estimate of drug-likeness (QED) is 0.747. The van der Waals surface area contributed by atoms with Crippen molar-refractivity contribution in [2.45, 2.75) is 58.0 Å². The van der Waals surface area contributed by atoms with Gasteiger partial charge in [-0.1, -0.05) is 26.7 Å². The molecule has 120 valence electrons. The van der Waals surface area contributed by atoms with Crippen molar-refractivity contribution in [1.29, 1.82) is 0 Å². The van der Waals surface area contributed by atoms with E-state index in [-0.39, 0.29) is 0 Å². The number of rotatable bonds is 8. The zero-order valence-electron chi connectivity index (χ0n) is 13.8. The average molecular weight is 311 g/mol. The third-order valence-corrected chi connectivity index (χ3v) is 5.37. The Labute approximate surface area is 132 Å². The number of nitrogens with one attached hydrogen (secondary N) is 1. The Morgan fingerprint density at radius 1 is 1.38 bits per heavy atom. The Bertz CT molecular complexity index is 427. The van der Waals surface area contributed by atoms with Crippen LogP contribution in [0.3, 0.4) is 0 Å². The molecule has 0 unspecified atom stereocenters. The molecule has 1 heterocycles. The molecular formula is C16H29N3OS. The Morgan fingerprint density at radius 2 is 2.10 bits per heavy atom. The fourth-order valence-electron chi connectivity index (χ4n) is 2.90. The molecule has 1 aromatic rings. The van der Waals surface area contributed by atoms with Crippen LogP contribution in [0.5, 0.6) is 0 Å². The second-order valence-corrected chi connectivity index (χ2v) is 7.24. The monoisotopic (exact) mass is 311 g/mol. The lowest BCUT2D eigenvalue weighted by Crippen LogP contribution is -2.28. The van der Waals surface area contributed by atoms with Crippen molar-refractivity contribution < 1.29 is 4.74 Å². The number of anilines is 1. The number of methoxy groups -OCH3 is 1. The smallest absolute Gasteiger partial charge is 0.185 e. The molecule has 0 aliphatic heterocycles. The van der Waals surface area contributed by atoms with Gasteiger partial charge in [0, 0.05) is 38.2 Å². The summed E-state index contributed by atoms with van der Waals surface area (Å²) in [4.78, 5) is 8.71. The molecule has 1 fully saturated rings. The van der Waals surface area contributed by atoms with E-state index in [2.05, 4.69) is 31.1 Å². The van der Waals surface area contributed by atoms with Crippen LogP contribution in [-0.2, 0) is 11.3 Å². The molecule has 0 amide bonds. The molecule has 5 heteroatoms. The van der Waals surface area contributed by atoms with E-state index in [9.17, 15) is 0 Å². The topological polar surface area (TPSA) is 37.4 Å². The van der Waals surface area contributed by atoms with Crippen LogP contribution >= 0.6 is 11.3 Å². The Morgan fingerprint density at radius 3 is 2.71 bits per heavy atom. The van der Waals surface area contributed by atoms with Crippen molar-refractivity contribution in [3.63, 3.8) is 0 Å². The molecule has 4 nitrogen and oxygen atoms in total. The van der Waals surface area contributed by atoms with Gasteiger partial charge in [0.25, 0.3) is 0 Å². The van der Waals surface area contributed by atoms with E-state index in [0.717, 1.165) is 19.7 Å². The van der Waals surface area contributed by atoms with E-state index < -0.39 is 0 Å². The minimum Gasteiger partial charge on any atom is -0.383 e. The summed E-state index contributed by atoms with van der Waals surface area (Å²) in [5.74, 6) is 0.478. The molecule has 21 heavy (non-hydrogen) atoms. The highest BCUT2D eigenvalue weighted by atomic mass is 32.1. The van der Waals surface area contributed by atoms with Crippen LogP contribution in [0.2, 0.25) is 0 Å². The third-order valence-electron chi connectivity index (χ3n) is 4.21. The summed E-state index contributed by atoms with van der Waals surface area (Å²) in [5.41, 5.74) is 1.25. The van der Waals surface area contributed by atoms with Gasteiger partial charge >= 0.3 is 0 Å². The van der Waals surface area contributed by atoms with Crippen LogP contribution < -0.4 is 10.2 Å². The molecule has 1 saturated carbocycles. The predicted octanol–water partition coefficient (Wildman–Crippen LogP) is 3.38. The normalized spacial score (nSPS) is 16.0. The second-order valence-electron chi connectivity index (χ2n) is 6.18. The first kappa shape index (κ1) is 16.7. The fourth-order valence-corrected chi connectivity index (χ4v) is 4.12. The molecule has 0 bridgehead atoms. The molecule has 1 aliphatic rings. The van der Waals surface area contributed by atoms with Gasteiger partial charge < -0.3 is 15.0 Å². The van der Waals surface area contributed by atoms with Gasteiger partial charge in [0.1, 0.15) is 0 Å². The Kier molecular flexibility index (Phi) is 6.45. The van der Waals surface area contributed by atoms with Gasteiger partial charge in [-0.3, -0.25) is 0 Å². The number of ether oxygens (including phenoxy) is 1. The number of hydrogen-bond donors (Lipinski definition) is 1. The van der Waals surface area contributed by atoms with Gasteiger partial charge in [0.2, 0.25) is 0 Å². The maximum Gasteiger partial charge on any atom is 0.185 e. The van der Waals surface area contributed by atoms with Crippen LogP contribution in [0.1, 0.15) is 56.0 Å². The lowest BCUT2D eigenvalue weighted by atomic mass is 10.1. The van der Waals surface area contributed by atoms with E-state index in [4.69, 9.17) is 9.72 Å². The molecule has 0 atom stereocenters. The van der Waals surface area contributed by atoms with E-state index in [1.165, 1.54) is 41.4 Å². The number of thiazole rings is 1. The highest BCUT2D eigenvalue weighted by Gasteiger charge is 2.23. The molecule has 1 N–H and O–H groups in total. The fraction of sp³-hybridized carbons (Fsp3) is 0.812. The van der Waals surface area contributed by atoms with Gasteiger partial charge in [0.05, 0.1) is 12.3 Å². The molecular weight excluding hydrogens is 282 g/mol. The van der Waals surface area contributed by atoms with E-state index in [0.29, 0.717) is 12.0 Å². The summed E-state index contributed by atoms with van der Waals surface area (Å²) in [5, 5.41) is 4.64. The van der Waals surface area contributed by atoms with Crippen molar-refractivity contribution in [2.75, 3.05) is 32.2 Å². The summed E-state index contributed by atoms with van der Waals surface area (Å²) in [6.45, 7) is 7.00. The van der Waals surface area contributed by atoms with E-state index in [1.807, 2.05) is 11.3 Å². The summed E-state index contributed by atoms with van der Waals surface area (Å²) in [6, 6.07) is 0.686. The maximum atomic E-state index is 5.09. The third kappa shape index (κ3) is 4.41. The first-order chi connectivity index (χ1) is 10.1. The lowest BCUT2D eigenvalue weighted by molar-refractivity contribution is 0.199. The highest BCUT2D eigenvalue weighted by Crippen LogP contribution is 2.34. The molecule has 0 saturated heterocycles. The number of nitrogens with zero attached hydrogens (tertiary/aromatic N) is 2. The van der Waals surface area contributed by atoms with Crippen LogP contribution in [0, 0.1) is 0 Å². The predicted molar refractivity (Wildman–Crippen MR) is 90.4 cm³/mol. The van der Waals surface area contributed by atoms with Crippen LogP contribution in [0.15, 0.2) is 0 Å². The molecule has 2 rings (SSSR count). The molecule has 0 aromatic carbocycles.